The maximum atomic E-state index is 13.7. The SMILES string of the molecule is O=C1COc2cc(OCC3CC3)cc(c2)C(=O)N[C@H]2CN(C(=O)C3Cc4ccccc4C3)C[C@@H]2Oc2ccc(cc2)CN1. The van der Waals surface area contributed by atoms with Crippen molar-refractivity contribution in [3.63, 3.8) is 0 Å². The highest BCUT2D eigenvalue weighted by Crippen LogP contribution is 2.32. The predicted molar refractivity (Wildman–Crippen MR) is 158 cm³/mol. The van der Waals surface area contributed by atoms with Gasteiger partial charge >= 0.3 is 0 Å². The van der Waals surface area contributed by atoms with E-state index in [1.807, 2.05) is 41.3 Å². The number of hydrogen-bond acceptors (Lipinski definition) is 6. The lowest BCUT2D eigenvalue weighted by atomic mass is 10.1. The molecule has 5 aliphatic rings. The Bertz CT molecular complexity index is 1510. The third kappa shape index (κ3) is 6.30. The molecule has 3 aromatic rings. The lowest BCUT2D eigenvalue weighted by molar-refractivity contribution is -0.134. The van der Waals surface area contributed by atoms with Gasteiger partial charge in [0, 0.05) is 30.6 Å². The Morgan fingerprint density at radius 1 is 0.930 bits per heavy atom. The standard InChI is InChI=1S/C34H35N3O6/c38-32-20-42-29-14-25(13-28(15-29)41-19-22-5-6-22)33(39)36-30-17-37(34(40)26-11-23-3-1-2-4-24(23)12-26)18-31(30)43-27-9-7-21(8-10-27)16-35-32/h1-4,7-10,13-15,22,26,30-31H,5-6,11-12,16-20H2,(H,35,38)(H,36,39)/t30-,31-/m0/s1. The Morgan fingerprint density at radius 2 is 1.70 bits per heavy atom. The van der Waals surface area contributed by atoms with Crippen molar-refractivity contribution < 1.29 is 28.6 Å². The van der Waals surface area contributed by atoms with Crippen molar-refractivity contribution in [3.05, 3.63) is 89.0 Å². The van der Waals surface area contributed by atoms with E-state index < -0.39 is 12.1 Å². The van der Waals surface area contributed by atoms with Crippen molar-refractivity contribution in [1.82, 2.24) is 15.5 Å². The van der Waals surface area contributed by atoms with Crippen molar-refractivity contribution in [2.75, 3.05) is 26.3 Å². The van der Waals surface area contributed by atoms with E-state index in [0.717, 1.165) is 31.2 Å². The van der Waals surface area contributed by atoms with Gasteiger partial charge in [0.2, 0.25) is 5.91 Å². The van der Waals surface area contributed by atoms with Gasteiger partial charge in [0.15, 0.2) is 6.61 Å². The summed E-state index contributed by atoms with van der Waals surface area (Å²) in [5, 5.41) is 5.99. The Morgan fingerprint density at radius 3 is 2.44 bits per heavy atom. The van der Waals surface area contributed by atoms with Crippen molar-refractivity contribution in [1.29, 1.82) is 0 Å². The summed E-state index contributed by atoms with van der Waals surface area (Å²) in [4.78, 5) is 41.7. The number of ether oxygens (including phenoxy) is 3. The minimum absolute atomic E-state index is 0.0842. The molecular formula is C34H35N3O6. The second-order valence-corrected chi connectivity index (χ2v) is 12.0. The number of rotatable bonds is 4. The third-order valence-corrected chi connectivity index (χ3v) is 8.69. The van der Waals surface area contributed by atoms with Crippen LogP contribution in [0.4, 0.5) is 0 Å². The molecule has 4 bridgehead atoms. The first-order valence-electron chi connectivity index (χ1n) is 15.1. The van der Waals surface area contributed by atoms with Crippen molar-refractivity contribution in [2.45, 2.75) is 44.4 Å². The fourth-order valence-electron chi connectivity index (χ4n) is 6.08. The van der Waals surface area contributed by atoms with Gasteiger partial charge in [-0.25, -0.2) is 0 Å². The lowest BCUT2D eigenvalue weighted by Crippen LogP contribution is -2.45. The van der Waals surface area contributed by atoms with Crippen LogP contribution < -0.4 is 24.8 Å². The van der Waals surface area contributed by atoms with E-state index in [0.29, 0.717) is 55.0 Å². The van der Waals surface area contributed by atoms with Crippen molar-refractivity contribution in [2.24, 2.45) is 11.8 Å². The Labute approximate surface area is 250 Å². The maximum absolute atomic E-state index is 13.7. The summed E-state index contributed by atoms with van der Waals surface area (Å²) in [6.45, 7) is 1.44. The Kier molecular flexibility index (Phi) is 7.39. The Balaban J connectivity index is 1.14. The summed E-state index contributed by atoms with van der Waals surface area (Å²) in [6, 6.07) is 20.3. The molecule has 1 saturated carbocycles. The monoisotopic (exact) mass is 581 g/mol. The number of amides is 3. The van der Waals surface area contributed by atoms with Gasteiger partial charge in [-0.05, 0) is 72.6 Å². The van der Waals surface area contributed by atoms with Gasteiger partial charge in [0.05, 0.1) is 19.2 Å². The average molecular weight is 582 g/mol. The number of carbonyl (C=O) groups excluding carboxylic acids is 3. The molecule has 2 atom stereocenters. The van der Waals surface area contributed by atoms with Crippen LogP contribution >= 0.6 is 0 Å². The van der Waals surface area contributed by atoms with Crippen LogP contribution in [0.25, 0.3) is 0 Å². The lowest BCUT2D eigenvalue weighted by Gasteiger charge is -2.21. The first kappa shape index (κ1) is 27.3. The van der Waals surface area contributed by atoms with Gasteiger partial charge in [-0.3, -0.25) is 14.4 Å². The summed E-state index contributed by atoms with van der Waals surface area (Å²) in [7, 11) is 0. The van der Waals surface area contributed by atoms with E-state index in [9.17, 15) is 14.4 Å². The normalized spacial score (nSPS) is 22.0. The van der Waals surface area contributed by atoms with E-state index >= 15 is 0 Å². The van der Waals surface area contributed by atoms with E-state index in [2.05, 4.69) is 22.8 Å². The van der Waals surface area contributed by atoms with Gasteiger partial charge < -0.3 is 29.7 Å². The largest absolute Gasteiger partial charge is 0.493 e. The molecule has 0 aromatic heterocycles. The van der Waals surface area contributed by atoms with Gasteiger partial charge in [-0.1, -0.05) is 36.4 Å². The number of fused-ring (bicyclic) bond motifs is 8. The molecule has 3 aliphatic heterocycles. The van der Waals surface area contributed by atoms with Crippen molar-refractivity contribution in [3.8, 4) is 17.2 Å². The number of benzene rings is 3. The maximum Gasteiger partial charge on any atom is 0.258 e. The molecule has 9 heteroatoms. The van der Waals surface area contributed by atoms with Crippen LogP contribution in [-0.2, 0) is 29.0 Å². The summed E-state index contributed by atoms with van der Waals surface area (Å²) in [5.41, 5.74) is 3.72. The van der Waals surface area contributed by atoms with Crippen LogP contribution in [0, 0.1) is 11.8 Å². The fourth-order valence-corrected chi connectivity index (χ4v) is 6.08. The number of carbonyl (C=O) groups is 3. The molecule has 9 nitrogen and oxygen atoms in total. The fraction of sp³-hybridized carbons (Fsp3) is 0.382. The summed E-state index contributed by atoms with van der Waals surface area (Å²) >= 11 is 0. The molecule has 2 fully saturated rings. The van der Waals surface area contributed by atoms with Crippen LogP contribution in [0.5, 0.6) is 17.2 Å². The molecule has 43 heavy (non-hydrogen) atoms. The van der Waals surface area contributed by atoms with Crippen LogP contribution in [0.3, 0.4) is 0 Å². The zero-order chi connectivity index (χ0) is 29.3. The van der Waals surface area contributed by atoms with Gasteiger partial charge in [-0.15, -0.1) is 0 Å². The number of likely N-dealkylation sites (tertiary alicyclic amines) is 1. The first-order valence-corrected chi connectivity index (χ1v) is 15.1. The second-order valence-electron chi connectivity index (χ2n) is 12.0. The van der Waals surface area contributed by atoms with Crippen LogP contribution in [0.2, 0.25) is 0 Å². The smallest absolute Gasteiger partial charge is 0.258 e. The topological polar surface area (TPSA) is 106 Å². The summed E-state index contributed by atoms with van der Waals surface area (Å²) in [5.74, 6) is 1.42. The highest BCUT2D eigenvalue weighted by molar-refractivity contribution is 5.95. The van der Waals surface area contributed by atoms with Crippen molar-refractivity contribution >= 4 is 17.7 Å². The van der Waals surface area contributed by atoms with Crippen LogP contribution in [0.1, 0.15) is 39.9 Å². The minimum Gasteiger partial charge on any atom is -0.493 e. The van der Waals surface area contributed by atoms with Gasteiger partial charge in [0.1, 0.15) is 23.4 Å². The quantitative estimate of drug-likeness (QED) is 0.490. The van der Waals surface area contributed by atoms with E-state index in [1.165, 1.54) is 11.1 Å². The molecule has 3 heterocycles. The molecule has 2 aliphatic carbocycles. The zero-order valence-electron chi connectivity index (χ0n) is 23.9. The second kappa shape index (κ2) is 11.6. The number of nitrogens with one attached hydrogen (secondary N) is 2. The summed E-state index contributed by atoms with van der Waals surface area (Å²) < 4.78 is 18.2. The molecule has 3 aromatic carbocycles. The van der Waals surface area contributed by atoms with E-state index in [4.69, 9.17) is 14.2 Å². The number of nitrogens with zero attached hydrogens (tertiary/aromatic N) is 1. The minimum atomic E-state index is -0.442. The highest BCUT2D eigenvalue weighted by atomic mass is 16.5. The van der Waals surface area contributed by atoms with Gasteiger partial charge in [0.25, 0.3) is 11.8 Å². The molecule has 222 valence electrons. The first-order chi connectivity index (χ1) is 21.0. The zero-order valence-corrected chi connectivity index (χ0v) is 23.9. The molecule has 3 amide bonds. The van der Waals surface area contributed by atoms with Crippen LogP contribution in [0.15, 0.2) is 66.7 Å². The Hall–Kier alpha value is -4.53. The molecule has 0 spiro atoms. The number of hydrogen-bond donors (Lipinski definition) is 2. The molecule has 8 rings (SSSR count). The van der Waals surface area contributed by atoms with E-state index in [1.54, 1.807) is 18.2 Å². The molecule has 0 radical (unpaired) electrons. The third-order valence-electron chi connectivity index (χ3n) is 8.69. The van der Waals surface area contributed by atoms with Crippen LogP contribution in [-0.4, -0.2) is 61.1 Å². The van der Waals surface area contributed by atoms with Gasteiger partial charge in [-0.2, -0.15) is 0 Å². The molecule has 1 saturated heterocycles. The highest BCUT2D eigenvalue weighted by Gasteiger charge is 2.41. The van der Waals surface area contributed by atoms with E-state index in [-0.39, 0.29) is 30.2 Å². The summed E-state index contributed by atoms with van der Waals surface area (Å²) in [6.07, 6.45) is 3.28. The average Bonchev–Trinajstić information content (AvgIpc) is 3.62. The predicted octanol–water partition coefficient (Wildman–Crippen LogP) is 3.29. The molecule has 0 unspecified atom stereocenters. The molecular weight excluding hydrogens is 546 g/mol. The molecule has 2 N–H and O–H groups in total.